The van der Waals surface area contributed by atoms with Crippen molar-refractivity contribution in [1.29, 1.82) is 0 Å². The van der Waals surface area contributed by atoms with Crippen LogP contribution in [-0.2, 0) is 16.6 Å². The number of guanidine groups is 1. The van der Waals surface area contributed by atoms with Crippen LogP contribution in [0.25, 0.3) is 0 Å². The first kappa shape index (κ1) is 28.1. The van der Waals surface area contributed by atoms with Crippen LogP contribution in [0.3, 0.4) is 0 Å². The van der Waals surface area contributed by atoms with E-state index >= 15 is 0 Å². The van der Waals surface area contributed by atoms with Gasteiger partial charge in [0.2, 0.25) is 10.0 Å². The van der Waals surface area contributed by atoms with Crippen molar-refractivity contribution >= 4 is 40.0 Å². The lowest BCUT2D eigenvalue weighted by molar-refractivity contribution is 0.178. The molecule has 0 amide bonds. The Morgan fingerprint density at radius 2 is 1.74 bits per heavy atom. The zero-order valence-corrected chi connectivity index (χ0v) is 22.7. The fourth-order valence-electron chi connectivity index (χ4n) is 3.89. The van der Waals surface area contributed by atoms with E-state index < -0.39 is 10.0 Å². The molecule has 0 bridgehead atoms. The highest BCUT2D eigenvalue weighted by molar-refractivity contribution is 14.0. The van der Waals surface area contributed by atoms with Crippen molar-refractivity contribution < 1.29 is 8.42 Å². The van der Waals surface area contributed by atoms with E-state index in [2.05, 4.69) is 48.2 Å². The van der Waals surface area contributed by atoms with E-state index in [1.807, 2.05) is 12.1 Å². The number of hydrogen-bond acceptors (Lipinski definition) is 4. The van der Waals surface area contributed by atoms with Crippen molar-refractivity contribution in [3.63, 3.8) is 0 Å². The molecular formula is C22H40IN5O2S. The Kier molecular flexibility index (Phi) is 12.3. The van der Waals surface area contributed by atoms with Crippen LogP contribution < -0.4 is 10.6 Å². The Balaban J connectivity index is 0.00000480. The minimum Gasteiger partial charge on any atom is -0.355 e. The average Bonchev–Trinajstić information content (AvgIpc) is 2.73. The second-order valence-corrected chi connectivity index (χ2v) is 10.3. The molecule has 0 unspecified atom stereocenters. The number of piperidine rings is 1. The maximum atomic E-state index is 12.9. The van der Waals surface area contributed by atoms with Gasteiger partial charge in [0.25, 0.3) is 0 Å². The number of hydrogen-bond donors (Lipinski definition) is 2. The van der Waals surface area contributed by atoms with Gasteiger partial charge in [-0.2, -0.15) is 4.31 Å². The molecule has 1 aliphatic rings. The molecule has 1 saturated heterocycles. The molecule has 0 atom stereocenters. The predicted molar refractivity (Wildman–Crippen MR) is 140 cm³/mol. The fourth-order valence-corrected chi connectivity index (χ4v) is 5.48. The summed E-state index contributed by atoms with van der Waals surface area (Å²) in [6.45, 7) is 12.3. The average molecular weight is 566 g/mol. The summed E-state index contributed by atoms with van der Waals surface area (Å²) in [5.74, 6) is 0.715. The number of halogens is 1. The molecule has 0 aliphatic carbocycles. The molecule has 1 heterocycles. The predicted octanol–water partition coefficient (Wildman–Crippen LogP) is 3.26. The van der Waals surface area contributed by atoms with Gasteiger partial charge in [-0.1, -0.05) is 18.6 Å². The standard InChI is InChI=1S/C22H39N5O2S.HI/c1-18(2)27(19(3)4)15-12-24-22(23-5)25-17-20-10-9-11-21(16-20)30(28,29)26-13-7-6-8-14-26;/h9-11,16,18-19H,6-8,12-15,17H2,1-5H3,(H2,23,24,25);1H. The lowest BCUT2D eigenvalue weighted by Gasteiger charge is -2.30. The highest BCUT2D eigenvalue weighted by Crippen LogP contribution is 2.21. The van der Waals surface area contributed by atoms with Crippen LogP contribution >= 0.6 is 24.0 Å². The van der Waals surface area contributed by atoms with E-state index in [0.29, 0.717) is 42.6 Å². The van der Waals surface area contributed by atoms with Gasteiger partial charge in [-0.3, -0.25) is 9.89 Å². The van der Waals surface area contributed by atoms with Gasteiger partial charge in [0, 0.05) is 51.9 Å². The highest BCUT2D eigenvalue weighted by atomic mass is 127. The van der Waals surface area contributed by atoms with Crippen LogP contribution in [0.2, 0.25) is 0 Å². The molecule has 0 spiro atoms. The van der Waals surface area contributed by atoms with E-state index in [1.165, 1.54) is 0 Å². The first-order chi connectivity index (χ1) is 14.3. The summed E-state index contributed by atoms with van der Waals surface area (Å²) in [5.41, 5.74) is 0.919. The quantitative estimate of drug-likeness (QED) is 0.273. The third-order valence-electron chi connectivity index (χ3n) is 5.52. The molecular weight excluding hydrogens is 525 g/mol. The summed E-state index contributed by atoms with van der Waals surface area (Å²) in [6, 6.07) is 8.19. The number of aliphatic imine (C=N–C) groups is 1. The molecule has 0 aromatic heterocycles. The van der Waals surface area contributed by atoms with Gasteiger partial charge in [0.1, 0.15) is 0 Å². The number of nitrogens with zero attached hydrogens (tertiary/aromatic N) is 3. The molecule has 1 aliphatic heterocycles. The summed E-state index contributed by atoms with van der Waals surface area (Å²) in [5, 5.41) is 6.64. The van der Waals surface area contributed by atoms with E-state index in [0.717, 1.165) is 37.9 Å². The zero-order chi connectivity index (χ0) is 22.1. The van der Waals surface area contributed by atoms with Gasteiger partial charge < -0.3 is 10.6 Å². The van der Waals surface area contributed by atoms with Crippen LogP contribution in [-0.4, -0.2) is 68.9 Å². The second-order valence-electron chi connectivity index (χ2n) is 8.39. The molecule has 9 heteroatoms. The Morgan fingerprint density at radius 1 is 1.10 bits per heavy atom. The smallest absolute Gasteiger partial charge is 0.243 e. The van der Waals surface area contributed by atoms with E-state index in [9.17, 15) is 8.42 Å². The highest BCUT2D eigenvalue weighted by Gasteiger charge is 2.25. The van der Waals surface area contributed by atoms with Crippen LogP contribution in [0, 0.1) is 0 Å². The van der Waals surface area contributed by atoms with Crippen molar-refractivity contribution in [3.05, 3.63) is 29.8 Å². The maximum absolute atomic E-state index is 12.9. The number of nitrogens with one attached hydrogen (secondary N) is 2. The lowest BCUT2D eigenvalue weighted by Crippen LogP contribution is -2.45. The first-order valence-corrected chi connectivity index (χ1v) is 12.5. The first-order valence-electron chi connectivity index (χ1n) is 11.0. The van der Waals surface area contributed by atoms with E-state index in [4.69, 9.17) is 0 Å². The zero-order valence-electron chi connectivity index (χ0n) is 19.6. The monoisotopic (exact) mass is 565 g/mol. The van der Waals surface area contributed by atoms with Crippen molar-refractivity contribution in [1.82, 2.24) is 19.8 Å². The molecule has 0 saturated carbocycles. The fraction of sp³-hybridized carbons (Fsp3) is 0.682. The summed E-state index contributed by atoms with van der Waals surface area (Å²) in [6.07, 6.45) is 2.98. The van der Waals surface area contributed by atoms with Crippen LogP contribution in [0.1, 0.15) is 52.5 Å². The molecule has 1 aromatic rings. The number of rotatable bonds is 9. The molecule has 178 valence electrons. The normalized spacial score (nSPS) is 15.9. The molecule has 31 heavy (non-hydrogen) atoms. The third kappa shape index (κ3) is 8.51. The minimum atomic E-state index is -3.41. The summed E-state index contributed by atoms with van der Waals surface area (Å²) in [7, 11) is -1.67. The van der Waals surface area contributed by atoms with Gasteiger partial charge in [-0.15, -0.1) is 24.0 Å². The third-order valence-corrected chi connectivity index (χ3v) is 7.42. The van der Waals surface area contributed by atoms with Crippen molar-refractivity contribution in [2.45, 2.75) is 70.5 Å². The van der Waals surface area contributed by atoms with E-state index in [-0.39, 0.29) is 24.0 Å². The Bertz CT molecular complexity index is 785. The number of sulfonamides is 1. The Morgan fingerprint density at radius 3 is 2.32 bits per heavy atom. The largest absolute Gasteiger partial charge is 0.355 e. The molecule has 1 aromatic carbocycles. The second kappa shape index (κ2) is 13.6. The van der Waals surface area contributed by atoms with Crippen molar-refractivity contribution in [2.24, 2.45) is 4.99 Å². The van der Waals surface area contributed by atoms with Gasteiger partial charge in [-0.25, -0.2) is 8.42 Å². The SMILES string of the molecule is CN=C(NCCN(C(C)C)C(C)C)NCc1cccc(S(=O)(=O)N2CCCCC2)c1.I. The molecule has 1 fully saturated rings. The van der Waals surface area contributed by atoms with Gasteiger partial charge in [-0.05, 0) is 58.2 Å². The van der Waals surface area contributed by atoms with Crippen LogP contribution in [0.5, 0.6) is 0 Å². The number of benzene rings is 1. The van der Waals surface area contributed by atoms with Crippen LogP contribution in [0.15, 0.2) is 34.2 Å². The summed E-state index contributed by atoms with van der Waals surface area (Å²) < 4.78 is 27.4. The summed E-state index contributed by atoms with van der Waals surface area (Å²) >= 11 is 0. The van der Waals surface area contributed by atoms with Crippen LogP contribution in [0.4, 0.5) is 0 Å². The summed E-state index contributed by atoms with van der Waals surface area (Å²) in [4.78, 5) is 7.08. The van der Waals surface area contributed by atoms with Crippen molar-refractivity contribution in [2.75, 3.05) is 33.2 Å². The lowest BCUT2D eigenvalue weighted by atomic mass is 10.2. The topological polar surface area (TPSA) is 77.0 Å². The van der Waals surface area contributed by atoms with Gasteiger partial charge in [0.05, 0.1) is 4.90 Å². The molecule has 0 radical (unpaired) electrons. The molecule has 2 N–H and O–H groups in total. The molecule has 7 nitrogen and oxygen atoms in total. The van der Waals surface area contributed by atoms with Crippen molar-refractivity contribution in [3.8, 4) is 0 Å². The Hall–Kier alpha value is -0.910. The Labute approximate surface area is 206 Å². The van der Waals surface area contributed by atoms with Gasteiger partial charge in [0.15, 0.2) is 5.96 Å². The van der Waals surface area contributed by atoms with Gasteiger partial charge >= 0.3 is 0 Å². The molecule has 2 rings (SSSR count). The minimum absolute atomic E-state index is 0. The maximum Gasteiger partial charge on any atom is 0.243 e. The van der Waals surface area contributed by atoms with E-state index in [1.54, 1.807) is 23.5 Å².